The Kier molecular flexibility index (Phi) is 7.87. The van der Waals surface area contributed by atoms with E-state index in [0.717, 1.165) is 31.5 Å². The van der Waals surface area contributed by atoms with Gasteiger partial charge in [0.25, 0.3) is 0 Å². The smallest absolute Gasteiger partial charge is 0.203 e. The topological polar surface area (TPSA) is 49.1 Å². The molecule has 0 spiro atoms. The van der Waals surface area contributed by atoms with Crippen LogP contribution < -0.4 is 5.43 Å². The largest absolute Gasteiger partial charge is 0.254 e. The molecule has 0 aliphatic carbocycles. The molecule has 7 heteroatoms. The molecule has 130 valence electrons. The standard InChI is InChI=1S/C18H18Br2N4S/c1-12(14-4-8-16(19)9-5-14)21-23-18(25-3)24-22-13(2)15-6-10-17(20)11-7-15/h4-11H,1-3H3,(H,23,24)/b21-12+,22-13+. The third kappa shape index (κ3) is 6.41. The molecular weight excluding hydrogens is 464 g/mol. The van der Waals surface area contributed by atoms with E-state index in [9.17, 15) is 0 Å². The Balaban J connectivity index is 2.09. The lowest BCUT2D eigenvalue weighted by Gasteiger charge is -2.04. The van der Waals surface area contributed by atoms with Crippen molar-refractivity contribution in [1.29, 1.82) is 0 Å². The van der Waals surface area contributed by atoms with Crippen molar-refractivity contribution in [3.05, 3.63) is 68.6 Å². The van der Waals surface area contributed by atoms with E-state index >= 15 is 0 Å². The van der Waals surface area contributed by atoms with Gasteiger partial charge in [0, 0.05) is 8.95 Å². The monoisotopic (exact) mass is 480 g/mol. The molecule has 2 aromatic carbocycles. The summed E-state index contributed by atoms with van der Waals surface area (Å²) in [7, 11) is 0. The summed E-state index contributed by atoms with van der Waals surface area (Å²) in [5, 5.41) is 13.6. The van der Waals surface area contributed by atoms with Crippen LogP contribution in [0.5, 0.6) is 0 Å². The number of nitrogens with one attached hydrogen (secondary N) is 1. The van der Waals surface area contributed by atoms with Crippen LogP contribution >= 0.6 is 43.6 Å². The molecule has 0 saturated carbocycles. The average molecular weight is 482 g/mol. The van der Waals surface area contributed by atoms with E-state index in [4.69, 9.17) is 0 Å². The summed E-state index contributed by atoms with van der Waals surface area (Å²) in [6.07, 6.45) is 1.93. The predicted octanol–water partition coefficient (Wildman–Crippen LogP) is 5.67. The van der Waals surface area contributed by atoms with Gasteiger partial charge in [-0.25, -0.2) is 0 Å². The van der Waals surface area contributed by atoms with Gasteiger partial charge in [-0.15, -0.1) is 5.10 Å². The van der Waals surface area contributed by atoms with E-state index in [1.54, 1.807) is 0 Å². The summed E-state index contributed by atoms with van der Waals surface area (Å²) < 4.78 is 2.08. The van der Waals surface area contributed by atoms with Gasteiger partial charge in [-0.05, 0) is 55.5 Å². The molecule has 0 heterocycles. The van der Waals surface area contributed by atoms with Gasteiger partial charge in [-0.3, -0.25) is 5.43 Å². The predicted molar refractivity (Wildman–Crippen MR) is 117 cm³/mol. The molecular formula is C18H18Br2N4S. The van der Waals surface area contributed by atoms with Crippen LogP contribution in [0.3, 0.4) is 0 Å². The second-order valence-corrected chi connectivity index (χ2v) is 7.74. The van der Waals surface area contributed by atoms with Crippen LogP contribution in [0.1, 0.15) is 25.0 Å². The first-order valence-electron chi connectivity index (χ1n) is 7.48. The van der Waals surface area contributed by atoms with Crippen LogP contribution in [0, 0.1) is 0 Å². The van der Waals surface area contributed by atoms with Crippen LogP contribution in [0.4, 0.5) is 0 Å². The highest BCUT2D eigenvalue weighted by atomic mass is 79.9. The lowest BCUT2D eigenvalue weighted by Crippen LogP contribution is -2.15. The molecule has 0 aliphatic heterocycles. The summed E-state index contributed by atoms with van der Waals surface area (Å²) in [6.45, 7) is 3.88. The Labute approximate surface area is 169 Å². The first-order valence-corrected chi connectivity index (χ1v) is 10.3. The minimum atomic E-state index is 0.632. The highest BCUT2D eigenvalue weighted by Gasteiger charge is 2.00. The number of amidine groups is 1. The van der Waals surface area contributed by atoms with Gasteiger partial charge in [-0.1, -0.05) is 67.9 Å². The van der Waals surface area contributed by atoms with Gasteiger partial charge < -0.3 is 0 Å². The molecule has 4 nitrogen and oxygen atoms in total. The fourth-order valence-electron chi connectivity index (χ4n) is 1.87. The Morgan fingerprint density at radius 1 is 0.800 bits per heavy atom. The van der Waals surface area contributed by atoms with E-state index in [1.807, 2.05) is 68.6 Å². The molecule has 1 N–H and O–H groups in total. The van der Waals surface area contributed by atoms with Crippen molar-refractivity contribution in [2.45, 2.75) is 13.8 Å². The minimum Gasteiger partial charge on any atom is -0.254 e. The van der Waals surface area contributed by atoms with Gasteiger partial charge in [0.1, 0.15) is 0 Å². The summed E-state index contributed by atoms with van der Waals surface area (Å²) in [5.41, 5.74) is 6.77. The number of halogens is 2. The molecule has 0 saturated heterocycles. The maximum Gasteiger partial charge on any atom is 0.203 e. The lowest BCUT2D eigenvalue weighted by molar-refractivity contribution is 1.02. The van der Waals surface area contributed by atoms with Gasteiger partial charge in [0.05, 0.1) is 11.4 Å². The summed E-state index contributed by atoms with van der Waals surface area (Å²) in [6, 6.07) is 16.0. The van der Waals surface area contributed by atoms with Gasteiger partial charge in [0.15, 0.2) is 0 Å². The Morgan fingerprint density at radius 3 is 1.76 bits per heavy atom. The highest BCUT2D eigenvalue weighted by molar-refractivity contribution is 9.10. The molecule has 0 unspecified atom stereocenters. The number of rotatable bonds is 4. The van der Waals surface area contributed by atoms with Crippen molar-refractivity contribution < 1.29 is 0 Å². The molecule has 25 heavy (non-hydrogen) atoms. The maximum absolute atomic E-state index is 4.38. The Morgan fingerprint density at radius 2 is 1.28 bits per heavy atom. The Bertz CT molecular complexity index is 797. The second kappa shape index (κ2) is 9.89. The molecule has 0 fully saturated rings. The van der Waals surface area contributed by atoms with Crippen molar-refractivity contribution in [1.82, 2.24) is 5.43 Å². The van der Waals surface area contributed by atoms with Gasteiger partial charge >= 0.3 is 0 Å². The normalized spacial score (nSPS) is 13.1. The summed E-state index contributed by atoms with van der Waals surface area (Å²) in [4.78, 5) is 0. The SMILES string of the molecule is CS/C(=N/N=C(\C)c1ccc(Br)cc1)N/N=C(\C)c1ccc(Br)cc1. The van der Waals surface area contributed by atoms with Crippen LogP contribution in [0.2, 0.25) is 0 Å². The quantitative estimate of drug-likeness (QED) is 0.347. The maximum atomic E-state index is 4.38. The Hall–Kier alpha value is -1.44. The van der Waals surface area contributed by atoms with E-state index in [-0.39, 0.29) is 0 Å². The summed E-state index contributed by atoms with van der Waals surface area (Å²) >= 11 is 8.32. The molecule has 0 atom stereocenters. The molecule has 0 amide bonds. The van der Waals surface area contributed by atoms with Crippen LogP contribution in [0.25, 0.3) is 0 Å². The first kappa shape index (κ1) is 19.9. The fraction of sp³-hybridized carbons (Fsp3) is 0.167. The number of benzene rings is 2. The van der Waals surface area contributed by atoms with E-state index in [2.05, 4.69) is 52.6 Å². The number of nitrogens with zero attached hydrogens (tertiary/aromatic N) is 3. The van der Waals surface area contributed by atoms with Crippen LogP contribution in [-0.4, -0.2) is 22.8 Å². The number of hydrogen-bond donors (Lipinski definition) is 1. The van der Waals surface area contributed by atoms with Gasteiger partial charge in [0.2, 0.25) is 5.17 Å². The molecule has 0 bridgehead atoms. The van der Waals surface area contributed by atoms with Crippen molar-refractivity contribution in [3.8, 4) is 0 Å². The van der Waals surface area contributed by atoms with Crippen molar-refractivity contribution >= 4 is 60.2 Å². The third-order valence-corrected chi connectivity index (χ3v) is 4.94. The highest BCUT2D eigenvalue weighted by Crippen LogP contribution is 2.12. The fourth-order valence-corrected chi connectivity index (χ4v) is 2.65. The molecule has 0 aromatic heterocycles. The minimum absolute atomic E-state index is 0.632. The lowest BCUT2D eigenvalue weighted by atomic mass is 10.1. The molecule has 0 radical (unpaired) electrons. The van der Waals surface area contributed by atoms with E-state index in [0.29, 0.717) is 5.17 Å². The number of thioether (sulfide) groups is 1. The van der Waals surface area contributed by atoms with Gasteiger partial charge in [-0.2, -0.15) is 10.2 Å². The van der Waals surface area contributed by atoms with Crippen molar-refractivity contribution in [3.63, 3.8) is 0 Å². The van der Waals surface area contributed by atoms with Crippen LogP contribution in [0.15, 0.2) is 72.8 Å². The van der Waals surface area contributed by atoms with Crippen molar-refractivity contribution in [2.24, 2.45) is 15.3 Å². The first-order chi connectivity index (χ1) is 12.0. The van der Waals surface area contributed by atoms with Crippen molar-refractivity contribution in [2.75, 3.05) is 6.26 Å². The van der Waals surface area contributed by atoms with E-state index in [1.165, 1.54) is 11.8 Å². The molecule has 0 aliphatic rings. The zero-order valence-electron chi connectivity index (χ0n) is 14.1. The molecule has 2 rings (SSSR count). The zero-order valence-corrected chi connectivity index (χ0v) is 18.1. The summed E-state index contributed by atoms with van der Waals surface area (Å²) in [5.74, 6) is 0. The number of hydrogen-bond acceptors (Lipinski definition) is 4. The average Bonchev–Trinajstić information content (AvgIpc) is 2.62. The second-order valence-electron chi connectivity index (χ2n) is 5.12. The zero-order chi connectivity index (χ0) is 18.2. The van der Waals surface area contributed by atoms with E-state index < -0.39 is 0 Å². The number of hydrazone groups is 1. The molecule has 2 aromatic rings. The van der Waals surface area contributed by atoms with Crippen LogP contribution in [-0.2, 0) is 0 Å². The third-order valence-electron chi connectivity index (χ3n) is 3.33.